The van der Waals surface area contributed by atoms with Gasteiger partial charge in [0, 0.05) is 25.9 Å². The first-order valence-electron chi connectivity index (χ1n) is 6.70. The number of nitrogens with one attached hydrogen (secondary N) is 1. The first-order chi connectivity index (χ1) is 8.74. The molecule has 18 heavy (non-hydrogen) atoms. The second-order valence-corrected chi connectivity index (χ2v) is 4.99. The van der Waals surface area contributed by atoms with Crippen LogP contribution in [0.3, 0.4) is 0 Å². The Morgan fingerprint density at radius 1 is 1.50 bits per heavy atom. The number of hydrogen-bond acceptors (Lipinski definition) is 3. The van der Waals surface area contributed by atoms with Gasteiger partial charge >= 0.3 is 0 Å². The first kappa shape index (κ1) is 13.1. The van der Waals surface area contributed by atoms with E-state index >= 15 is 0 Å². The van der Waals surface area contributed by atoms with Crippen LogP contribution in [0.25, 0.3) is 0 Å². The van der Waals surface area contributed by atoms with Crippen LogP contribution in [0.2, 0.25) is 0 Å². The number of anilines is 1. The lowest BCUT2D eigenvalue weighted by Gasteiger charge is -2.19. The number of aromatic nitrogens is 1. The Kier molecular flexibility index (Phi) is 4.42. The number of hydrogen-bond donors (Lipinski definition) is 1. The third-order valence-corrected chi connectivity index (χ3v) is 3.34. The van der Waals surface area contributed by atoms with Crippen molar-refractivity contribution in [1.82, 2.24) is 4.57 Å². The van der Waals surface area contributed by atoms with Crippen LogP contribution in [0.1, 0.15) is 26.2 Å². The van der Waals surface area contributed by atoms with Gasteiger partial charge in [-0.1, -0.05) is 6.92 Å². The van der Waals surface area contributed by atoms with Gasteiger partial charge < -0.3 is 14.6 Å². The van der Waals surface area contributed by atoms with Crippen LogP contribution in [0.5, 0.6) is 0 Å². The zero-order valence-electron chi connectivity index (χ0n) is 11.2. The standard InChI is InChI=1S/C14H22N2O2/c1-3-8-16-9-12(6-7-14(16)17)15-13(10-18-2)11-4-5-11/h6-7,9,11,13,15H,3-5,8,10H2,1-2H3. The summed E-state index contributed by atoms with van der Waals surface area (Å²) in [5.74, 6) is 0.719. The minimum absolute atomic E-state index is 0.0668. The van der Waals surface area contributed by atoms with Crippen molar-refractivity contribution in [2.75, 3.05) is 19.0 Å². The maximum atomic E-state index is 11.6. The molecule has 1 fully saturated rings. The fraction of sp³-hybridized carbons (Fsp3) is 0.643. The van der Waals surface area contributed by atoms with Crippen LogP contribution >= 0.6 is 0 Å². The lowest BCUT2D eigenvalue weighted by molar-refractivity contribution is 0.179. The van der Waals surface area contributed by atoms with Gasteiger partial charge in [-0.3, -0.25) is 4.79 Å². The maximum absolute atomic E-state index is 11.6. The van der Waals surface area contributed by atoms with E-state index in [4.69, 9.17) is 4.74 Å². The average Bonchev–Trinajstić information content (AvgIpc) is 3.17. The summed E-state index contributed by atoms with van der Waals surface area (Å²) in [5, 5.41) is 3.48. The predicted octanol–water partition coefficient (Wildman–Crippen LogP) is 2.10. The molecule has 1 saturated carbocycles. The van der Waals surface area contributed by atoms with Crippen molar-refractivity contribution < 1.29 is 4.74 Å². The summed E-state index contributed by atoms with van der Waals surface area (Å²) < 4.78 is 7.01. The van der Waals surface area contributed by atoms with Gasteiger partial charge in [0.2, 0.25) is 0 Å². The topological polar surface area (TPSA) is 43.3 Å². The zero-order valence-corrected chi connectivity index (χ0v) is 11.2. The molecular weight excluding hydrogens is 228 g/mol. The third kappa shape index (κ3) is 3.35. The van der Waals surface area contributed by atoms with Gasteiger partial charge in [0.05, 0.1) is 18.3 Å². The van der Waals surface area contributed by atoms with Crippen LogP contribution in [0.4, 0.5) is 5.69 Å². The third-order valence-electron chi connectivity index (χ3n) is 3.34. The molecular formula is C14H22N2O2. The largest absolute Gasteiger partial charge is 0.383 e. The molecule has 100 valence electrons. The van der Waals surface area contributed by atoms with Crippen molar-refractivity contribution in [1.29, 1.82) is 0 Å². The lowest BCUT2D eigenvalue weighted by Crippen LogP contribution is -2.28. The number of nitrogens with zero attached hydrogens (tertiary/aromatic N) is 1. The molecule has 0 bridgehead atoms. The molecule has 0 saturated heterocycles. The Hall–Kier alpha value is -1.29. The zero-order chi connectivity index (χ0) is 13.0. The minimum atomic E-state index is 0.0668. The molecule has 0 spiro atoms. The van der Waals surface area contributed by atoms with Gasteiger partial charge in [-0.05, 0) is 31.2 Å². The molecule has 1 N–H and O–H groups in total. The molecule has 1 aromatic heterocycles. The van der Waals surface area contributed by atoms with E-state index in [9.17, 15) is 4.79 Å². The van der Waals surface area contributed by atoms with E-state index in [0.717, 1.165) is 31.2 Å². The predicted molar refractivity (Wildman–Crippen MR) is 73.0 cm³/mol. The van der Waals surface area contributed by atoms with E-state index in [2.05, 4.69) is 12.2 Å². The molecule has 0 aliphatic heterocycles. The van der Waals surface area contributed by atoms with E-state index in [0.29, 0.717) is 6.04 Å². The average molecular weight is 250 g/mol. The summed E-state index contributed by atoms with van der Waals surface area (Å²) in [5.41, 5.74) is 1.08. The quantitative estimate of drug-likeness (QED) is 0.806. The molecule has 2 rings (SSSR count). The molecule has 0 aromatic carbocycles. The maximum Gasteiger partial charge on any atom is 0.250 e. The molecule has 1 atom stereocenters. The lowest BCUT2D eigenvalue weighted by atomic mass is 10.2. The normalized spacial score (nSPS) is 16.6. The van der Waals surface area contributed by atoms with Crippen LogP contribution < -0.4 is 10.9 Å². The fourth-order valence-electron chi connectivity index (χ4n) is 2.22. The van der Waals surface area contributed by atoms with Crippen LogP contribution in [0.15, 0.2) is 23.1 Å². The summed E-state index contributed by atoms with van der Waals surface area (Å²) in [6.07, 6.45) is 5.43. The van der Waals surface area contributed by atoms with E-state index in [1.54, 1.807) is 17.7 Å². The summed E-state index contributed by atoms with van der Waals surface area (Å²) in [6, 6.07) is 3.86. The van der Waals surface area contributed by atoms with Gasteiger partial charge in [0.15, 0.2) is 0 Å². The van der Waals surface area contributed by atoms with Crippen molar-refractivity contribution in [3.63, 3.8) is 0 Å². The van der Waals surface area contributed by atoms with Gasteiger partial charge in [0.25, 0.3) is 5.56 Å². The van der Waals surface area contributed by atoms with Crippen LogP contribution in [-0.4, -0.2) is 24.3 Å². The molecule has 1 aliphatic carbocycles. The molecule has 1 aromatic rings. The van der Waals surface area contributed by atoms with E-state index < -0.39 is 0 Å². The van der Waals surface area contributed by atoms with Gasteiger partial charge in [-0.25, -0.2) is 0 Å². The second kappa shape index (κ2) is 6.05. The monoisotopic (exact) mass is 250 g/mol. The van der Waals surface area contributed by atoms with Crippen molar-refractivity contribution in [3.8, 4) is 0 Å². The molecule has 0 amide bonds. The number of pyridine rings is 1. The molecule has 0 radical (unpaired) electrons. The number of ether oxygens (including phenoxy) is 1. The smallest absolute Gasteiger partial charge is 0.250 e. The summed E-state index contributed by atoms with van der Waals surface area (Å²) in [4.78, 5) is 11.6. The number of methoxy groups -OCH3 is 1. The summed E-state index contributed by atoms with van der Waals surface area (Å²) >= 11 is 0. The van der Waals surface area contributed by atoms with Gasteiger partial charge in [-0.2, -0.15) is 0 Å². The van der Waals surface area contributed by atoms with Gasteiger partial charge in [0.1, 0.15) is 0 Å². The first-order valence-corrected chi connectivity index (χ1v) is 6.70. The van der Waals surface area contributed by atoms with Crippen LogP contribution in [-0.2, 0) is 11.3 Å². The molecule has 1 heterocycles. The Morgan fingerprint density at radius 3 is 2.89 bits per heavy atom. The highest BCUT2D eigenvalue weighted by Gasteiger charge is 2.31. The Labute approximate surface area is 108 Å². The second-order valence-electron chi connectivity index (χ2n) is 4.99. The van der Waals surface area contributed by atoms with Gasteiger partial charge in [-0.15, -0.1) is 0 Å². The molecule has 4 nitrogen and oxygen atoms in total. The van der Waals surface area contributed by atoms with Crippen molar-refractivity contribution in [2.45, 2.75) is 38.8 Å². The fourth-order valence-corrected chi connectivity index (χ4v) is 2.22. The Bertz CT molecular complexity index is 438. The minimum Gasteiger partial charge on any atom is -0.383 e. The highest BCUT2D eigenvalue weighted by atomic mass is 16.5. The summed E-state index contributed by atoms with van der Waals surface area (Å²) in [7, 11) is 1.73. The van der Waals surface area contributed by atoms with E-state index in [1.807, 2.05) is 12.3 Å². The van der Waals surface area contributed by atoms with Crippen molar-refractivity contribution in [3.05, 3.63) is 28.7 Å². The highest BCUT2D eigenvalue weighted by molar-refractivity contribution is 5.41. The Balaban J connectivity index is 2.07. The van der Waals surface area contributed by atoms with Crippen molar-refractivity contribution >= 4 is 5.69 Å². The van der Waals surface area contributed by atoms with E-state index in [1.165, 1.54) is 12.8 Å². The number of rotatable bonds is 7. The highest BCUT2D eigenvalue weighted by Crippen LogP contribution is 2.34. The van der Waals surface area contributed by atoms with E-state index in [-0.39, 0.29) is 5.56 Å². The summed E-state index contributed by atoms with van der Waals surface area (Å²) in [6.45, 7) is 3.56. The number of aryl methyl sites for hydroxylation is 1. The molecule has 4 heteroatoms. The van der Waals surface area contributed by atoms with Crippen LogP contribution in [0, 0.1) is 5.92 Å². The SMILES string of the molecule is CCCn1cc(NC(COC)C2CC2)ccc1=O. The Morgan fingerprint density at radius 2 is 2.28 bits per heavy atom. The van der Waals surface area contributed by atoms with Crippen molar-refractivity contribution in [2.24, 2.45) is 5.92 Å². The molecule has 1 unspecified atom stereocenters. The molecule has 1 aliphatic rings.